The highest BCUT2D eigenvalue weighted by molar-refractivity contribution is 5.96. The van der Waals surface area contributed by atoms with Gasteiger partial charge in [0.1, 0.15) is 5.75 Å². The quantitative estimate of drug-likeness (QED) is 0.651. The summed E-state index contributed by atoms with van der Waals surface area (Å²) in [5.41, 5.74) is 3.01. The third kappa shape index (κ3) is 3.47. The average molecular weight is 318 g/mol. The number of carbonyl (C=O) groups is 1. The molecule has 0 aliphatic heterocycles. The molecular weight excluding hydrogens is 304 g/mol. The normalized spacial score (nSPS) is 10.8. The van der Waals surface area contributed by atoms with Crippen molar-refractivity contribution in [3.63, 3.8) is 0 Å². The number of benzene rings is 3. The summed E-state index contributed by atoms with van der Waals surface area (Å²) in [5.74, 6) is -0.780. The number of aromatic carboxylic acids is 1. The van der Waals surface area contributed by atoms with Gasteiger partial charge in [-0.1, -0.05) is 30.3 Å². The second-order valence-corrected chi connectivity index (χ2v) is 5.11. The lowest BCUT2D eigenvalue weighted by molar-refractivity contribution is 0.0697. The fraction of sp³-hybridized carbons (Fsp3) is 0. The smallest absolute Gasteiger partial charge is 0.336 e. The summed E-state index contributed by atoms with van der Waals surface area (Å²) in [5, 5.41) is 26.7. The molecule has 5 nitrogen and oxygen atoms in total. The largest absolute Gasteiger partial charge is 0.508 e. The summed E-state index contributed by atoms with van der Waals surface area (Å²) in [4.78, 5) is 11.3. The number of phenolic OH excluding ortho intramolecular Hbond substituents is 1. The van der Waals surface area contributed by atoms with Gasteiger partial charge in [0.25, 0.3) is 0 Å². The van der Waals surface area contributed by atoms with Crippen molar-refractivity contribution < 1.29 is 15.0 Å². The number of hydrogen-bond acceptors (Lipinski definition) is 4. The molecule has 118 valence electrons. The van der Waals surface area contributed by atoms with E-state index in [1.165, 1.54) is 0 Å². The van der Waals surface area contributed by atoms with Crippen LogP contribution in [0.5, 0.6) is 5.75 Å². The summed E-state index contributed by atoms with van der Waals surface area (Å²) in [6.45, 7) is 0. The van der Waals surface area contributed by atoms with E-state index in [-0.39, 0.29) is 11.3 Å². The zero-order valence-corrected chi connectivity index (χ0v) is 12.6. The molecule has 0 aromatic heterocycles. The Balaban J connectivity index is 1.83. The molecule has 3 aromatic carbocycles. The van der Waals surface area contributed by atoms with E-state index in [0.29, 0.717) is 16.9 Å². The third-order valence-corrected chi connectivity index (χ3v) is 3.47. The maximum Gasteiger partial charge on any atom is 0.336 e. The summed E-state index contributed by atoms with van der Waals surface area (Å²) in [6.07, 6.45) is 0. The Morgan fingerprint density at radius 2 is 1.29 bits per heavy atom. The van der Waals surface area contributed by atoms with Crippen LogP contribution in [0, 0.1) is 0 Å². The van der Waals surface area contributed by atoms with Crippen LogP contribution in [0.2, 0.25) is 0 Å². The molecule has 0 radical (unpaired) electrons. The van der Waals surface area contributed by atoms with Crippen molar-refractivity contribution in [2.45, 2.75) is 0 Å². The molecular formula is C19H14N2O3. The number of carboxylic acid groups (broad SMARTS) is 1. The third-order valence-electron chi connectivity index (χ3n) is 3.47. The maximum atomic E-state index is 11.3. The SMILES string of the molecule is O=C(O)c1ccccc1-c1ccc(N=Nc2ccc(O)cc2)cc1. The van der Waals surface area contributed by atoms with Crippen LogP contribution >= 0.6 is 0 Å². The summed E-state index contributed by atoms with van der Waals surface area (Å²) < 4.78 is 0. The number of carboxylic acids is 1. The Hall–Kier alpha value is -3.47. The Morgan fingerprint density at radius 3 is 1.88 bits per heavy atom. The number of azo groups is 1. The molecule has 0 aliphatic rings. The molecule has 0 heterocycles. The van der Waals surface area contributed by atoms with Crippen LogP contribution < -0.4 is 0 Å². The van der Waals surface area contributed by atoms with E-state index in [0.717, 1.165) is 5.56 Å². The van der Waals surface area contributed by atoms with Crippen molar-refractivity contribution >= 4 is 17.3 Å². The van der Waals surface area contributed by atoms with Crippen molar-refractivity contribution in [3.05, 3.63) is 78.4 Å². The van der Waals surface area contributed by atoms with Gasteiger partial charge in [-0.15, -0.1) is 0 Å². The van der Waals surface area contributed by atoms with Crippen molar-refractivity contribution in [2.24, 2.45) is 10.2 Å². The van der Waals surface area contributed by atoms with E-state index in [1.54, 1.807) is 60.7 Å². The molecule has 24 heavy (non-hydrogen) atoms. The second-order valence-electron chi connectivity index (χ2n) is 5.11. The van der Waals surface area contributed by atoms with E-state index in [4.69, 9.17) is 0 Å². The molecule has 0 unspecified atom stereocenters. The minimum absolute atomic E-state index is 0.176. The second kappa shape index (κ2) is 6.75. The van der Waals surface area contributed by atoms with Crippen LogP contribution in [-0.2, 0) is 0 Å². The summed E-state index contributed by atoms with van der Waals surface area (Å²) in [7, 11) is 0. The van der Waals surface area contributed by atoms with Gasteiger partial charge >= 0.3 is 5.97 Å². The van der Waals surface area contributed by atoms with Crippen molar-refractivity contribution in [3.8, 4) is 16.9 Å². The Morgan fingerprint density at radius 1 is 0.750 bits per heavy atom. The molecule has 2 N–H and O–H groups in total. The number of hydrogen-bond donors (Lipinski definition) is 2. The van der Waals surface area contributed by atoms with Crippen LogP contribution in [0.3, 0.4) is 0 Å². The molecule has 0 saturated heterocycles. The van der Waals surface area contributed by atoms with Gasteiger partial charge < -0.3 is 10.2 Å². The van der Waals surface area contributed by atoms with Gasteiger partial charge in [-0.2, -0.15) is 10.2 Å². The van der Waals surface area contributed by atoms with Crippen LogP contribution in [0.1, 0.15) is 10.4 Å². The number of nitrogens with zero attached hydrogens (tertiary/aromatic N) is 2. The van der Waals surface area contributed by atoms with Gasteiger partial charge in [-0.05, 0) is 53.6 Å². The molecule has 0 fully saturated rings. The molecule has 5 heteroatoms. The maximum absolute atomic E-state index is 11.3. The highest BCUT2D eigenvalue weighted by atomic mass is 16.4. The van der Waals surface area contributed by atoms with Gasteiger partial charge in [-0.25, -0.2) is 4.79 Å². The van der Waals surface area contributed by atoms with Gasteiger partial charge in [0, 0.05) is 0 Å². The standard InChI is InChI=1S/C19H14N2O3/c22-16-11-9-15(10-12-16)21-20-14-7-5-13(6-8-14)17-3-1-2-4-18(17)19(23)24/h1-12,22H,(H,23,24). The molecule has 3 aromatic rings. The van der Waals surface area contributed by atoms with Gasteiger partial charge in [-0.3, -0.25) is 0 Å². The van der Waals surface area contributed by atoms with E-state index in [1.807, 2.05) is 12.1 Å². The molecule has 3 rings (SSSR count). The number of phenols is 1. The topological polar surface area (TPSA) is 82.2 Å². The van der Waals surface area contributed by atoms with Crippen LogP contribution in [0.15, 0.2) is 83.0 Å². The molecule has 0 aliphatic carbocycles. The number of aromatic hydroxyl groups is 1. The molecule has 0 bridgehead atoms. The Labute approximate surface area is 138 Å². The van der Waals surface area contributed by atoms with Crippen molar-refractivity contribution in [1.29, 1.82) is 0 Å². The first-order valence-corrected chi connectivity index (χ1v) is 7.27. The fourth-order valence-electron chi connectivity index (χ4n) is 2.26. The molecule has 0 atom stereocenters. The van der Waals surface area contributed by atoms with Crippen LogP contribution in [-0.4, -0.2) is 16.2 Å². The average Bonchev–Trinajstić information content (AvgIpc) is 2.62. The van der Waals surface area contributed by atoms with Crippen LogP contribution in [0.4, 0.5) is 11.4 Å². The fourth-order valence-corrected chi connectivity index (χ4v) is 2.26. The van der Waals surface area contributed by atoms with Crippen LogP contribution in [0.25, 0.3) is 11.1 Å². The van der Waals surface area contributed by atoms with Gasteiger partial charge in [0.15, 0.2) is 0 Å². The molecule has 0 saturated carbocycles. The zero-order valence-electron chi connectivity index (χ0n) is 12.6. The lowest BCUT2D eigenvalue weighted by atomic mass is 10.00. The molecule has 0 amide bonds. The summed E-state index contributed by atoms with van der Waals surface area (Å²) >= 11 is 0. The lowest BCUT2D eigenvalue weighted by Crippen LogP contribution is -1.98. The van der Waals surface area contributed by atoms with E-state index in [9.17, 15) is 15.0 Å². The van der Waals surface area contributed by atoms with Gasteiger partial charge in [0.05, 0.1) is 16.9 Å². The zero-order chi connectivity index (χ0) is 16.9. The lowest BCUT2D eigenvalue weighted by Gasteiger charge is -2.06. The predicted molar refractivity (Wildman–Crippen MR) is 91.1 cm³/mol. The predicted octanol–water partition coefficient (Wildman–Crippen LogP) is 5.17. The Bertz CT molecular complexity index is 885. The minimum atomic E-state index is -0.957. The first-order valence-electron chi connectivity index (χ1n) is 7.27. The summed E-state index contributed by atoms with van der Waals surface area (Å²) in [6, 6.07) is 20.4. The highest BCUT2D eigenvalue weighted by Crippen LogP contribution is 2.27. The van der Waals surface area contributed by atoms with Crippen molar-refractivity contribution in [1.82, 2.24) is 0 Å². The molecule has 0 spiro atoms. The van der Waals surface area contributed by atoms with Gasteiger partial charge in [0.2, 0.25) is 0 Å². The van der Waals surface area contributed by atoms with E-state index < -0.39 is 5.97 Å². The van der Waals surface area contributed by atoms with E-state index in [2.05, 4.69) is 10.2 Å². The Kier molecular flexibility index (Phi) is 4.34. The monoisotopic (exact) mass is 318 g/mol. The minimum Gasteiger partial charge on any atom is -0.508 e. The highest BCUT2D eigenvalue weighted by Gasteiger charge is 2.10. The first kappa shape index (κ1) is 15.4. The van der Waals surface area contributed by atoms with E-state index >= 15 is 0 Å². The first-order chi connectivity index (χ1) is 11.6. The van der Waals surface area contributed by atoms with Crippen molar-refractivity contribution in [2.75, 3.05) is 0 Å². The number of rotatable bonds is 4.